The molecule has 0 radical (unpaired) electrons. The summed E-state index contributed by atoms with van der Waals surface area (Å²) in [6, 6.07) is 5.58. The molecular formula is C14H17N3O2. The van der Waals surface area contributed by atoms with Crippen LogP contribution in [0.3, 0.4) is 0 Å². The highest BCUT2D eigenvalue weighted by Gasteiger charge is 2.28. The van der Waals surface area contributed by atoms with E-state index in [1.165, 1.54) is 11.1 Å². The van der Waals surface area contributed by atoms with Gasteiger partial charge in [0.2, 0.25) is 11.8 Å². The molecule has 1 fully saturated rings. The molecule has 100 valence electrons. The van der Waals surface area contributed by atoms with Crippen molar-refractivity contribution in [2.24, 2.45) is 0 Å². The van der Waals surface area contributed by atoms with Crippen molar-refractivity contribution in [2.75, 3.05) is 12.4 Å². The zero-order chi connectivity index (χ0) is 13.4. The molecule has 0 aromatic heterocycles. The maximum Gasteiger partial charge on any atom is 0.246 e. The van der Waals surface area contributed by atoms with Crippen LogP contribution in [-0.2, 0) is 22.7 Å². The number of anilines is 1. The van der Waals surface area contributed by atoms with Crippen molar-refractivity contribution < 1.29 is 9.59 Å². The Labute approximate surface area is 112 Å². The van der Waals surface area contributed by atoms with Crippen molar-refractivity contribution >= 4 is 17.5 Å². The average Bonchev–Trinajstić information content (AvgIpc) is 2.95. The first-order valence-corrected chi connectivity index (χ1v) is 6.53. The number of hydrogen-bond donors (Lipinski definition) is 2. The fraction of sp³-hybridized carbons (Fsp3) is 0.429. The third-order valence-corrected chi connectivity index (χ3v) is 3.71. The molecular weight excluding hydrogens is 242 g/mol. The van der Waals surface area contributed by atoms with E-state index >= 15 is 0 Å². The normalized spacial score (nSPS) is 22.2. The lowest BCUT2D eigenvalue weighted by molar-refractivity contribution is -0.122. The zero-order valence-electron chi connectivity index (χ0n) is 10.9. The van der Waals surface area contributed by atoms with Crippen molar-refractivity contribution in [2.45, 2.75) is 32.0 Å². The van der Waals surface area contributed by atoms with Gasteiger partial charge in [0.15, 0.2) is 0 Å². The van der Waals surface area contributed by atoms with E-state index in [4.69, 9.17) is 0 Å². The first kappa shape index (κ1) is 12.2. The summed E-state index contributed by atoms with van der Waals surface area (Å²) < 4.78 is 0. The van der Waals surface area contributed by atoms with Gasteiger partial charge in [-0.25, -0.2) is 0 Å². The van der Waals surface area contributed by atoms with Gasteiger partial charge in [-0.3, -0.25) is 14.5 Å². The molecule has 1 atom stereocenters. The van der Waals surface area contributed by atoms with Gasteiger partial charge in [0.1, 0.15) is 6.04 Å². The van der Waals surface area contributed by atoms with E-state index in [1.807, 2.05) is 12.1 Å². The lowest BCUT2D eigenvalue weighted by Crippen LogP contribution is -2.37. The number of rotatable bonds is 2. The molecule has 1 aromatic carbocycles. The van der Waals surface area contributed by atoms with Crippen molar-refractivity contribution in [1.29, 1.82) is 0 Å². The van der Waals surface area contributed by atoms with Crippen LogP contribution in [0.1, 0.15) is 24.0 Å². The van der Waals surface area contributed by atoms with Crippen LogP contribution in [0.5, 0.6) is 0 Å². The molecule has 2 aliphatic heterocycles. The molecule has 3 rings (SSSR count). The smallest absolute Gasteiger partial charge is 0.246 e. The van der Waals surface area contributed by atoms with Gasteiger partial charge < -0.3 is 10.6 Å². The Morgan fingerprint density at radius 2 is 2.26 bits per heavy atom. The van der Waals surface area contributed by atoms with E-state index in [-0.39, 0.29) is 17.9 Å². The average molecular weight is 259 g/mol. The molecule has 5 nitrogen and oxygen atoms in total. The molecule has 2 N–H and O–H groups in total. The number of carbonyl (C=O) groups excluding carboxylic acids is 2. The summed E-state index contributed by atoms with van der Waals surface area (Å²) in [4.78, 5) is 25.5. The second-order valence-electron chi connectivity index (χ2n) is 5.26. The zero-order valence-corrected chi connectivity index (χ0v) is 10.9. The Kier molecular flexibility index (Phi) is 2.98. The second kappa shape index (κ2) is 4.66. The van der Waals surface area contributed by atoms with Gasteiger partial charge in [0.25, 0.3) is 0 Å². The maximum atomic E-state index is 12.1. The molecule has 2 aliphatic rings. The van der Waals surface area contributed by atoms with Crippen LogP contribution < -0.4 is 10.6 Å². The Balaban J connectivity index is 1.76. The van der Waals surface area contributed by atoms with Crippen molar-refractivity contribution in [3.05, 3.63) is 29.3 Å². The predicted molar refractivity (Wildman–Crippen MR) is 71.4 cm³/mol. The van der Waals surface area contributed by atoms with Crippen molar-refractivity contribution in [3.8, 4) is 0 Å². The van der Waals surface area contributed by atoms with Crippen LogP contribution in [-0.4, -0.2) is 29.8 Å². The molecule has 0 bridgehead atoms. The molecule has 5 heteroatoms. The summed E-state index contributed by atoms with van der Waals surface area (Å²) in [7, 11) is 2.06. The Morgan fingerprint density at radius 3 is 3.00 bits per heavy atom. The van der Waals surface area contributed by atoms with Crippen molar-refractivity contribution in [3.63, 3.8) is 0 Å². The molecule has 19 heavy (non-hydrogen) atoms. The topological polar surface area (TPSA) is 61.4 Å². The summed E-state index contributed by atoms with van der Waals surface area (Å²) in [6.07, 6.45) is 1.02. The summed E-state index contributed by atoms with van der Waals surface area (Å²) >= 11 is 0. The number of hydrogen-bond acceptors (Lipinski definition) is 3. The van der Waals surface area contributed by atoms with Gasteiger partial charge in [0, 0.05) is 25.2 Å². The molecule has 2 heterocycles. The predicted octanol–water partition coefficient (Wildman–Crippen LogP) is 0.849. The van der Waals surface area contributed by atoms with Crippen LogP contribution in [0.4, 0.5) is 5.69 Å². The summed E-state index contributed by atoms with van der Waals surface area (Å²) in [5.41, 5.74) is 3.31. The van der Waals surface area contributed by atoms with E-state index < -0.39 is 0 Å². The van der Waals surface area contributed by atoms with Gasteiger partial charge in [-0.05, 0) is 30.7 Å². The highest BCUT2D eigenvalue weighted by atomic mass is 16.2. The minimum Gasteiger partial charge on any atom is -0.344 e. The SMILES string of the molecule is CN1Cc2cccc(NC(=O)C3CCC(=O)N3)c2C1. The number of carbonyl (C=O) groups is 2. The van der Waals surface area contributed by atoms with Crippen LogP contribution in [0.2, 0.25) is 0 Å². The minimum atomic E-state index is -0.387. The van der Waals surface area contributed by atoms with E-state index in [0.29, 0.717) is 12.8 Å². The van der Waals surface area contributed by atoms with Crippen LogP contribution in [0, 0.1) is 0 Å². The van der Waals surface area contributed by atoms with E-state index in [2.05, 4.69) is 28.6 Å². The lowest BCUT2D eigenvalue weighted by Gasteiger charge is -2.13. The molecule has 0 aliphatic carbocycles. The van der Waals surface area contributed by atoms with Gasteiger partial charge in [-0.2, -0.15) is 0 Å². The van der Waals surface area contributed by atoms with E-state index in [1.54, 1.807) is 0 Å². The Hall–Kier alpha value is -1.88. The molecule has 0 spiro atoms. The molecule has 0 saturated carbocycles. The minimum absolute atomic E-state index is 0.0434. The largest absolute Gasteiger partial charge is 0.344 e. The van der Waals surface area contributed by atoms with Gasteiger partial charge in [-0.1, -0.05) is 12.1 Å². The van der Waals surface area contributed by atoms with Crippen molar-refractivity contribution in [1.82, 2.24) is 10.2 Å². The summed E-state index contributed by atoms with van der Waals surface area (Å²) in [5, 5.41) is 5.63. The number of nitrogens with zero attached hydrogens (tertiary/aromatic N) is 1. The highest BCUT2D eigenvalue weighted by Crippen LogP contribution is 2.28. The number of fused-ring (bicyclic) bond motifs is 1. The lowest BCUT2D eigenvalue weighted by atomic mass is 10.1. The second-order valence-corrected chi connectivity index (χ2v) is 5.26. The molecule has 1 aromatic rings. The summed E-state index contributed by atoms with van der Waals surface area (Å²) in [5.74, 6) is -0.160. The number of nitrogens with one attached hydrogen (secondary N) is 2. The quantitative estimate of drug-likeness (QED) is 0.827. The van der Waals surface area contributed by atoms with Crippen LogP contribution in [0.15, 0.2) is 18.2 Å². The fourth-order valence-electron chi connectivity index (χ4n) is 2.73. The number of benzene rings is 1. The van der Waals surface area contributed by atoms with Gasteiger partial charge in [-0.15, -0.1) is 0 Å². The first-order valence-electron chi connectivity index (χ1n) is 6.53. The molecule has 1 saturated heterocycles. The fourth-order valence-corrected chi connectivity index (χ4v) is 2.73. The van der Waals surface area contributed by atoms with Crippen LogP contribution >= 0.6 is 0 Å². The van der Waals surface area contributed by atoms with Gasteiger partial charge >= 0.3 is 0 Å². The van der Waals surface area contributed by atoms with Gasteiger partial charge in [0.05, 0.1) is 0 Å². The molecule has 2 amide bonds. The van der Waals surface area contributed by atoms with E-state index in [9.17, 15) is 9.59 Å². The molecule has 1 unspecified atom stereocenters. The highest BCUT2D eigenvalue weighted by molar-refractivity contribution is 5.99. The van der Waals surface area contributed by atoms with E-state index in [0.717, 1.165) is 18.8 Å². The summed E-state index contributed by atoms with van der Waals surface area (Å²) in [6.45, 7) is 1.77. The Bertz CT molecular complexity index is 541. The Morgan fingerprint density at radius 1 is 1.42 bits per heavy atom. The third kappa shape index (κ3) is 2.33. The number of amides is 2. The standard InChI is InChI=1S/C14H17N3O2/c1-17-7-9-3-2-4-11(10(9)8-17)16-14(19)12-5-6-13(18)15-12/h2-4,12H,5-8H2,1H3,(H,15,18)(H,16,19). The first-order chi connectivity index (χ1) is 9.13. The third-order valence-electron chi connectivity index (χ3n) is 3.71. The maximum absolute atomic E-state index is 12.1. The van der Waals surface area contributed by atoms with Crippen LogP contribution in [0.25, 0.3) is 0 Å². The monoisotopic (exact) mass is 259 g/mol.